The van der Waals surface area contributed by atoms with Gasteiger partial charge in [0.05, 0.1) is 11.1 Å². The monoisotopic (exact) mass is 307 g/mol. The van der Waals surface area contributed by atoms with Gasteiger partial charge in [-0.05, 0) is 50.6 Å². The van der Waals surface area contributed by atoms with Gasteiger partial charge in [0.1, 0.15) is 5.15 Å². The fourth-order valence-corrected chi connectivity index (χ4v) is 3.41. The Labute approximate surface area is 128 Å². The maximum absolute atomic E-state index is 12.6. The van der Waals surface area contributed by atoms with Crippen LogP contribution in [0, 0.1) is 6.92 Å². The zero-order chi connectivity index (χ0) is 15.2. The molecule has 0 aliphatic carbocycles. The first-order chi connectivity index (χ1) is 9.92. The first-order valence-electron chi connectivity index (χ1n) is 7.12. The number of rotatable bonds is 0. The number of nitrogens with zero attached hydrogens (tertiary/aromatic N) is 2. The third-order valence-corrected chi connectivity index (χ3v) is 4.89. The number of nitrogens with one attached hydrogen (secondary N) is 1. The van der Waals surface area contributed by atoms with Gasteiger partial charge in [0.2, 0.25) is 11.8 Å². The molecule has 0 radical (unpaired) electrons. The van der Waals surface area contributed by atoms with E-state index in [-0.39, 0.29) is 11.8 Å². The first-order valence-corrected chi connectivity index (χ1v) is 7.49. The third kappa shape index (κ3) is 2.34. The van der Waals surface area contributed by atoms with Crippen molar-refractivity contribution in [2.24, 2.45) is 0 Å². The van der Waals surface area contributed by atoms with Gasteiger partial charge in [0, 0.05) is 13.0 Å². The molecule has 1 aromatic heterocycles. The third-order valence-electron chi connectivity index (χ3n) is 4.51. The molecule has 0 bridgehead atoms. The number of carbonyl (C=O) groups excluding carboxylic acids is 2. The zero-order valence-electron chi connectivity index (χ0n) is 12.2. The van der Waals surface area contributed by atoms with Crippen molar-refractivity contribution in [1.82, 2.24) is 15.2 Å². The van der Waals surface area contributed by atoms with E-state index in [1.54, 1.807) is 0 Å². The van der Waals surface area contributed by atoms with Crippen LogP contribution < -0.4 is 5.32 Å². The fourth-order valence-electron chi connectivity index (χ4n) is 3.27. The Hall–Kier alpha value is -1.46. The van der Waals surface area contributed by atoms with Crippen LogP contribution in [0.3, 0.4) is 0 Å². The van der Waals surface area contributed by atoms with E-state index in [9.17, 15) is 9.59 Å². The highest BCUT2D eigenvalue weighted by atomic mass is 35.5. The zero-order valence-corrected chi connectivity index (χ0v) is 13.0. The second kappa shape index (κ2) is 5.07. The normalized spacial score (nSPS) is 26.4. The van der Waals surface area contributed by atoms with Gasteiger partial charge < -0.3 is 4.90 Å². The molecule has 0 aromatic carbocycles. The van der Waals surface area contributed by atoms with Crippen molar-refractivity contribution in [1.29, 1.82) is 0 Å². The van der Waals surface area contributed by atoms with E-state index in [1.165, 1.54) is 0 Å². The molecule has 1 fully saturated rings. The smallest absolute Gasteiger partial charge is 0.238 e. The lowest BCUT2D eigenvalue weighted by molar-refractivity contribution is -0.138. The molecule has 3 rings (SSSR count). The van der Waals surface area contributed by atoms with Crippen molar-refractivity contribution in [2.75, 3.05) is 13.6 Å². The van der Waals surface area contributed by atoms with Gasteiger partial charge in [-0.1, -0.05) is 11.6 Å². The summed E-state index contributed by atoms with van der Waals surface area (Å²) in [6, 6.07) is 2.01. The highest BCUT2D eigenvalue weighted by Crippen LogP contribution is 2.40. The van der Waals surface area contributed by atoms with Crippen molar-refractivity contribution >= 4 is 23.4 Å². The van der Waals surface area contributed by atoms with E-state index < -0.39 is 5.41 Å². The number of aromatic nitrogens is 1. The van der Waals surface area contributed by atoms with Crippen LogP contribution >= 0.6 is 11.6 Å². The minimum Gasteiger partial charge on any atom is -0.302 e. The molecule has 0 saturated carbocycles. The summed E-state index contributed by atoms with van der Waals surface area (Å²) in [4.78, 5) is 30.8. The number of aryl methyl sites for hydroxylation is 1. The van der Waals surface area contributed by atoms with Gasteiger partial charge in [-0.25, -0.2) is 4.98 Å². The van der Waals surface area contributed by atoms with Crippen LogP contribution in [0.4, 0.5) is 0 Å². The van der Waals surface area contributed by atoms with Crippen LogP contribution in [0.1, 0.15) is 36.1 Å². The summed E-state index contributed by atoms with van der Waals surface area (Å²) < 4.78 is 0. The van der Waals surface area contributed by atoms with Gasteiger partial charge in [0.15, 0.2) is 0 Å². The molecule has 5 nitrogen and oxygen atoms in total. The predicted molar refractivity (Wildman–Crippen MR) is 79.0 cm³/mol. The first kappa shape index (κ1) is 14.5. The maximum atomic E-state index is 12.6. The van der Waals surface area contributed by atoms with Crippen LogP contribution in [0.5, 0.6) is 0 Å². The van der Waals surface area contributed by atoms with Crippen LogP contribution in [-0.4, -0.2) is 35.3 Å². The molecule has 1 N–H and O–H groups in total. The number of amides is 2. The quantitative estimate of drug-likeness (QED) is 0.583. The highest BCUT2D eigenvalue weighted by Gasteiger charge is 2.47. The van der Waals surface area contributed by atoms with Crippen LogP contribution in [0.15, 0.2) is 6.07 Å². The number of pyridine rings is 1. The molecule has 1 spiro atoms. The number of imide groups is 1. The number of fused-ring (bicyclic) bond motifs is 2. The molecule has 6 heteroatoms. The van der Waals surface area contributed by atoms with E-state index in [0.29, 0.717) is 24.4 Å². The van der Waals surface area contributed by atoms with Crippen molar-refractivity contribution in [3.05, 3.63) is 28.0 Å². The summed E-state index contributed by atoms with van der Waals surface area (Å²) in [5.41, 5.74) is 1.95. The Morgan fingerprint density at radius 3 is 2.86 bits per heavy atom. The topological polar surface area (TPSA) is 62.3 Å². The van der Waals surface area contributed by atoms with E-state index in [4.69, 9.17) is 11.6 Å². The Morgan fingerprint density at radius 2 is 2.14 bits per heavy atom. The highest BCUT2D eigenvalue weighted by molar-refractivity contribution is 6.30. The standard InChI is InChI=1S/C15H18ClN3O2/c1-9-7-10-8-19(2)6-5-15(12(10)18-13(9)16)4-3-11(20)17-14(15)21/h7H,3-6,8H2,1-2H3,(H,17,20,21). The molecule has 1 atom stereocenters. The number of piperidine rings is 1. The molecule has 3 heterocycles. The lowest BCUT2D eigenvalue weighted by Crippen LogP contribution is -2.52. The molecule has 2 aliphatic rings. The lowest BCUT2D eigenvalue weighted by atomic mass is 9.73. The average Bonchev–Trinajstić information content (AvgIpc) is 2.54. The summed E-state index contributed by atoms with van der Waals surface area (Å²) >= 11 is 6.19. The fraction of sp³-hybridized carbons (Fsp3) is 0.533. The van der Waals surface area contributed by atoms with Gasteiger partial charge in [0.25, 0.3) is 0 Å². The van der Waals surface area contributed by atoms with Crippen LogP contribution in [0.2, 0.25) is 5.15 Å². The van der Waals surface area contributed by atoms with E-state index >= 15 is 0 Å². The number of carbonyl (C=O) groups is 2. The Morgan fingerprint density at radius 1 is 1.38 bits per heavy atom. The second-order valence-corrected chi connectivity index (χ2v) is 6.41. The predicted octanol–water partition coefficient (Wildman–Crippen LogP) is 1.55. The molecule has 21 heavy (non-hydrogen) atoms. The number of halogens is 1. The van der Waals surface area contributed by atoms with Gasteiger partial charge in [-0.3, -0.25) is 14.9 Å². The van der Waals surface area contributed by atoms with Crippen molar-refractivity contribution < 1.29 is 9.59 Å². The summed E-state index contributed by atoms with van der Waals surface area (Å²) in [6.45, 7) is 3.44. The summed E-state index contributed by atoms with van der Waals surface area (Å²) in [7, 11) is 2.03. The maximum Gasteiger partial charge on any atom is 0.238 e. The van der Waals surface area contributed by atoms with Crippen LogP contribution in [0.25, 0.3) is 0 Å². The largest absolute Gasteiger partial charge is 0.302 e. The summed E-state index contributed by atoms with van der Waals surface area (Å²) in [5, 5.41) is 2.91. The summed E-state index contributed by atoms with van der Waals surface area (Å²) in [6.07, 6.45) is 1.51. The van der Waals surface area contributed by atoms with E-state index in [2.05, 4.69) is 15.2 Å². The molecule has 1 aromatic rings. The van der Waals surface area contributed by atoms with Gasteiger partial charge >= 0.3 is 0 Å². The molecule has 112 valence electrons. The molecular formula is C15H18ClN3O2. The SMILES string of the molecule is Cc1cc2c(nc1Cl)C1(CCC(=O)NC1=O)CCN(C)C2. The Kier molecular flexibility index (Phi) is 3.50. The molecule has 1 unspecified atom stereocenters. The lowest BCUT2D eigenvalue weighted by Gasteiger charge is -2.35. The Bertz CT molecular complexity index is 632. The average molecular weight is 308 g/mol. The molecule has 2 amide bonds. The second-order valence-electron chi connectivity index (χ2n) is 6.05. The van der Waals surface area contributed by atoms with Gasteiger partial charge in [-0.15, -0.1) is 0 Å². The van der Waals surface area contributed by atoms with Crippen molar-refractivity contribution in [3.63, 3.8) is 0 Å². The van der Waals surface area contributed by atoms with Crippen LogP contribution in [-0.2, 0) is 21.5 Å². The van der Waals surface area contributed by atoms with E-state index in [0.717, 1.165) is 29.9 Å². The minimum absolute atomic E-state index is 0.206. The van der Waals surface area contributed by atoms with Crippen molar-refractivity contribution in [2.45, 2.75) is 38.1 Å². The van der Waals surface area contributed by atoms with Gasteiger partial charge in [-0.2, -0.15) is 0 Å². The minimum atomic E-state index is -0.731. The number of hydrogen-bond acceptors (Lipinski definition) is 4. The molecular weight excluding hydrogens is 290 g/mol. The molecule has 2 aliphatic heterocycles. The molecule has 1 saturated heterocycles. The van der Waals surface area contributed by atoms with Crippen molar-refractivity contribution in [3.8, 4) is 0 Å². The summed E-state index contributed by atoms with van der Waals surface area (Å²) in [5.74, 6) is -0.439. The number of hydrogen-bond donors (Lipinski definition) is 1. The van der Waals surface area contributed by atoms with E-state index in [1.807, 2.05) is 20.0 Å². The Balaban J connectivity index is 2.17.